The van der Waals surface area contributed by atoms with Gasteiger partial charge in [-0.3, -0.25) is 14.4 Å². The van der Waals surface area contributed by atoms with E-state index in [0.717, 1.165) is 34.5 Å². The Morgan fingerprint density at radius 1 is 1.02 bits per heavy atom. The van der Waals surface area contributed by atoms with Crippen LogP contribution in [0.3, 0.4) is 0 Å². The maximum Gasteiger partial charge on any atom is 0.266 e. The molecule has 0 atom stereocenters. The van der Waals surface area contributed by atoms with E-state index >= 15 is 0 Å². The first-order chi connectivity index (χ1) is 21.7. The van der Waals surface area contributed by atoms with Crippen LogP contribution < -0.4 is 20.0 Å². The van der Waals surface area contributed by atoms with E-state index in [-0.39, 0.29) is 48.1 Å². The molecule has 3 aliphatic rings. The average Bonchev–Trinajstić information content (AvgIpc) is 3.69. The first-order valence-electron chi connectivity index (χ1n) is 15.0. The topological polar surface area (TPSA) is 85.9 Å². The molecule has 0 spiro atoms. The van der Waals surface area contributed by atoms with Crippen LogP contribution >= 0.6 is 11.3 Å². The highest BCUT2D eigenvalue weighted by atomic mass is 32.1. The molecule has 0 unspecified atom stereocenters. The van der Waals surface area contributed by atoms with E-state index < -0.39 is 12.5 Å². The van der Waals surface area contributed by atoms with E-state index in [1.807, 2.05) is 30.3 Å². The summed E-state index contributed by atoms with van der Waals surface area (Å²) in [6, 6.07) is 20.0. The van der Waals surface area contributed by atoms with Gasteiger partial charge in [-0.15, -0.1) is 11.3 Å². The summed E-state index contributed by atoms with van der Waals surface area (Å²) in [5, 5.41) is 3.06. The molecule has 230 valence electrons. The normalized spacial score (nSPS) is 16.9. The van der Waals surface area contributed by atoms with Crippen molar-refractivity contribution < 1.29 is 23.2 Å². The number of pyridine rings is 1. The Hall–Kier alpha value is -4.64. The minimum atomic E-state index is -2.82. The highest BCUT2D eigenvalue weighted by Crippen LogP contribution is 2.42. The fraction of sp³-hybridized carbons (Fsp3) is 0.294. The highest BCUT2D eigenvalue weighted by Gasteiger charge is 2.40. The number of benzene rings is 2. The molecular formula is C34H31F2N5O3S. The van der Waals surface area contributed by atoms with Crippen LogP contribution in [0.5, 0.6) is 0 Å². The molecule has 4 heterocycles. The third-order valence-corrected chi connectivity index (χ3v) is 9.74. The average molecular weight is 628 g/mol. The molecule has 11 heteroatoms. The van der Waals surface area contributed by atoms with Crippen molar-refractivity contribution in [3.63, 3.8) is 0 Å². The molecule has 4 aromatic rings. The first kappa shape index (κ1) is 29.1. The zero-order chi connectivity index (χ0) is 31.3. The van der Waals surface area contributed by atoms with Gasteiger partial charge in [-0.25, -0.2) is 13.8 Å². The molecule has 2 fully saturated rings. The number of halogens is 2. The third-order valence-electron chi connectivity index (χ3n) is 8.53. The molecular weight excluding hydrogens is 596 g/mol. The van der Waals surface area contributed by atoms with Crippen LogP contribution in [-0.2, 0) is 6.42 Å². The fourth-order valence-electron chi connectivity index (χ4n) is 5.92. The summed E-state index contributed by atoms with van der Waals surface area (Å²) in [6.45, 7) is 0.0897. The van der Waals surface area contributed by atoms with E-state index in [4.69, 9.17) is 0 Å². The van der Waals surface area contributed by atoms with Gasteiger partial charge in [-0.1, -0.05) is 18.2 Å². The smallest absolute Gasteiger partial charge is 0.266 e. The lowest BCUT2D eigenvalue weighted by molar-refractivity contribution is 0.0256. The number of rotatable bonds is 6. The lowest BCUT2D eigenvalue weighted by Gasteiger charge is -2.24. The third kappa shape index (κ3) is 5.68. The molecule has 1 saturated carbocycles. The second kappa shape index (κ2) is 11.4. The molecule has 7 rings (SSSR count). The quantitative estimate of drug-likeness (QED) is 0.282. The monoisotopic (exact) mass is 627 g/mol. The molecule has 1 saturated heterocycles. The summed E-state index contributed by atoms with van der Waals surface area (Å²) in [6.07, 6.45) is 3.87. The molecule has 2 aliphatic heterocycles. The molecule has 2 aromatic carbocycles. The van der Waals surface area contributed by atoms with Crippen LogP contribution in [0.15, 0.2) is 72.9 Å². The zero-order valence-corrected chi connectivity index (χ0v) is 25.4. The molecule has 1 N–H and O–H groups in total. The van der Waals surface area contributed by atoms with Gasteiger partial charge in [0.05, 0.1) is 22.7 Å². The lowest BCUT2D eigenvalue weighted by atomic mass is 10.1. The van der Waals surface area contributed by atoms with E-state index in [2.05, 4.69) is 10.3 Å². The number of nitrogens with one attached hydrogen (secondary N) is 1. The Kier molecular flexibility index (Phi) is 7.35. The molecule has 45 heavy (non-hydrogen) atoms. The van der Waals surface area contributed by atoms with E-state index in [0.29, 0.717) is 29.1 Å². The number of carbonyl (C=O) groups excluding carboxylic acids is 3. The van der Waals surface area contributed by atoms with Gasteiger partial charge in [-0.2, -0.15) is 0 Å². The minimum absolute atomic E-state index is 0.0399. The van der Waals surface area contributed by atoms with Crippen molar-refractivity contribution in [3.8, 4) is 10.4 Å². The van der Waals surface area contributed by atoms with Gasteiger partial charge in [0.2, 0.25) is 0 Å². The predicted molar refractivity (Wildman–Crippen MR) is 171 cm³/mol. The second-order valence-electron chi connectivity index (χ2n) is 11.7. The Morgan fingerprint density at radius 3 is 2.53 bits per heavy atom. The van der Waals surface area contributed by atoms with E-state index in [9.17, 15) is 23.2 Å². The van der Waals surface area contributed by atoms with Crippen LogP contribution in [0.4, 0.5) is 26.0 Å². The van der Waals surface area contributed by atoms with Crippen molar-refractivity contribution in [2.45, 2.75) is 37.6 Å². The number of fused-ring (bicyclic) bond motifs is 3. The standard InChI is InChI=1S/C34H31F2N5O3S/c1-39(33(44)26-6-4-16-37-30(26)40-18-15-34(35,36)20-40)24-12-8-21(9-13-24)32(43)41-17-14-22-19-28(31(42)38-23-10-11-23)45-29(22)25-5-2-3-7-27(25)41/h2-9,12-13,16,19,23H,10-11,14-15,17-18,20H2,1H3,(H,38,42). The Balaban J connectivity index is 1.10. The van der Waals surface area contributed by atoms with Gasteiger partial charge in [0.15, 0.2) is 0 Å². The Bertz CT molecular complexity index is 1800. The first-order valence-corrected chi connectivity index (χ1v) is 15.8. The van der Waals surface area contributed by atoms with Crippen LogP contribution in [-0.4, -0.2) is 61.4 Å². The predicted octanol–water partition coefficient (Wildman–Crippen LogP) is 6.03. The summed E-state index contributed by atoms with van der Waals surface area (Å²) in [5.74, 6) is -3.18. The van der Waals surface area contributed by atoms with Gasteiger partial charge in [-0.05, 0) is 73.4 Å². The van der Waals surface area contributed by atoms with Crippen LogP contribution in [0.1, 0.15) is 55.2 Å². The summed E-state index contributed by atoms with van der Waals surface area (Å²) in [5.41, 5.74) is 3.99. The molecule has 8 nitrogen and oxygen atoms in total. The number of hydrogen-bond donors (Lipinski definition) is 1. The molecule has 1 aliphatic carbocycles. The summed E-state index contributed by atoms with van der Waals surface area (Å²) < 4.78 is 27.8. The van der Waals surface area contributed by atoms with Crippen LogP contribution in [0.25, 0.3) is 10.4 Å². The van der Waals surface area contributed by atoms with Crippen molar-refractivity contribution in [1.29, 1.82) is 0 Å². The lowest BCUT2D eigenvalue weighted by Crippen LogP contribution is -2.33. The molecule has 0 bridgehead atoms. The van der Waals surface area contributed by atoms with Gasteiger partial charge >= 0.3 is 0 Å². The van der Waals surface area contributed by atoms with Gasteiger partial charge in [0.25, 0.3) is 23.6 Å². The van der Waals surface area contributed by atoms with Gasteiger partial charge < -0.3 is 20.0 Å². The van der Waals surface area contributed by atoms with Crippen molar-refractivity contribution in [2.24, 2.45) is 0 Å². The maximum atomic E-state index is 13.9. The molecule has 0 radical (unpaired) electrons. The second-order valence-corrected chi connectivity index (χ2v) is 12.8. The Morgan fingerprint density at radius 2 is 1.80 bits per heavy atom. The van der Waals surface area contributed by atoms with Crippen molar-refractivity contribution in [2.75, 3.05) is 41.4 Å². The minimum Gasteiger partial charge on any atom is -0.350 e. The van der Waals surface area contributed by atoms with Crippen molar-refractivity contribution in [1.82, 2.24) is 10.3 Å². The SMILES string of the molecule is CN(C(=O)c1cccnc1N1CCC(F)(F)C1)c1ccc(C(=O)N2CCc3cc(C(=O)NC4CC4)sc3-c3ccccc32)cc1. The maximum absolute atomic E-state index is 13.9. The number of alkyl halides is 2. The summed E-state index contributed by atoms with van der Waals surface area (Å²) in [4.78, 5) is 50.7. The highest BCUT2D eigenvalue weighted by molar-refractivity contribution is 7.17. The fourth-order valence-corrected chi connectivity index (χ4v) is 7.06. The van der Waals surface area contributed by atoms with Gasteiger partial charge in [0.1, 0.15) is 5.82 Å². The molecule has 2 aromatic heterocycles. The van der Waals surface area contributed by atoms with Crippen molar-refractivity contribution in [3.05, 3.63) is 94.5 Å². The number of anilines is 3. The zero-order valence-electron chi connectivity index (χ0n) is 24.6. The number of carbonyl (C=O) groups is 3. The van der Waals surface area contributed by atoms with Crippen molar-refractivity contribution >= 4 is 46.3 Å². The van der Waals surface area contributed by atoms with E-state index in [1.54, 1.807) is 48.3 Å². The number of hydrogen-bond acceptors (Lipinski definition) is 6. The number of thiophene rings is 1. The number of para-hydroxylation sites is 1. The van der Waals surface area contributed by atoms with Crippen LogP contribution in [0.2, 0.25) is 0 Å². The molecule has 3 amide bonds. The van der Waals surface area contributed by atoms with Crippen LogP contribution in [0, 0.1) is 0 Å². The number of aromatic nitrogens is 1. The largest absolute Gasteiger partial charge is 0.350 e. The van der Waals surface area contributed by atoms with Gasteiger partial charge in [0, 0.05) is 60.5 Å². The Labute approximate surface area is 263 Å². The number of amides is 3. The summed E-state index contributed by atoms with van der Waals surface area (Å²) >= 11 is 1.46. The summed E-state index contributed by atoms with van der Waals surface area (Å²) in [7, 11) is 1.61. The number of nitrogens with zero attached hydrogens (tertiary/aromatic N) is 4. The van der Waals surface area contributed by atoms with E-state index in [1.165, 1.54) is 27.3 Å².